The highest BCUT2D eigenvalue weighted by Gasteiger charge is 2.28. The average molecular weight is 504 g/mol. The summed E-state index contributed by atoms with van der Waals surface area (Å²) in [5.74, 6) is -1.03. The van der Waals surface area contributed by atoms with Crippen LogP contribution in [-0.4, -0.2) is 16.7 Å². The van der Waals surface area contributed by atoms with Gasteiger partial charge in [-0.05, 0) is 36.4 Å². The van der Waals surface area contributed by atoms with Gasteiger partial charge in [0.2, 0.25) is 5.78 Å². The Balaban J connectivity index is 1.62. The van der Waals surface area contributed by atoms with E-state index < -0.39 is 17.0 Å². The molecule has 0 aliphatic heterocycles. The van der Waals surface area contributed by atoms with Crippen LogP contribution in [0.1, 0.15) is 32.4 Å². The number of carbonyl (C=O) groups is 2. The van der Waals surface area contributed by atoms with Crippen LogP contribution >= 0.6 is 23.4 Å². The van der Waals surface area contributed by atoms with Crippen molar-refractivity contribution in [2.45, 2.75) is 15.9 Å². The number of Topliss-reactive ketones (excluding diaryl/α,β-unsaturated/α-hetero) is 1. The fourth-order valence-corrected chi connectivity index (χ4v) is 4.38. The van der Waals surface area contributed by atoms with Crippen molar-refractivity contribution in [3.63, 3.8) is 0 Å². The Morgan fingerprint density at radius 2 is 1.46 bits per heavy atom. The first-order chi connectivity index (χ1) is 16.9. The van der Waals surface area contributed by atoms with Crippen molar-refractivity contribution in [2.75, 3.05) is 0 Å². The summed E-state index contributed by atoms with van der Waals surface area (Å²) in [5, 5.41) is 11.4. The second-order valence-electron chi connectivity index (χ2n) is 7.42. The predicted molar refractivity (Wildman–Crippen MR) is 134 cm³/mol. The smallest absolute Gasteiger partial charge is 0.340 e. The lowest BCUT2D eigenvalue weighted by Crippen LogP contribution is -2.20. The first kappa shape index (κ1) is 24.2. The van der Waals surface area contributed by atoms with E-state index in [2.05, 4.69) is 0 Å². The number of hydrogen-bond acceptors (Lipinski definition) is 6. The molecule has 0 heterocycles. The topological polar surface area (TPSA) is 86.5 Å². The Labute approximate surface area is 210 Å². The van der Waals surface area contributed by atoms with E-state index in [-0.39, 0.29) is 17.0 Å². The maximum Gasteiger partial charge on any atom is 0.340 e. The summed E-state index contributed by atoms with van der Waals surface area (Å²) in [7, 11) is 0. The van der Waals surface area contributed by atoms with E-state index in [0.717, 1.165) is 0 Å². The summed E-state index contributed by atoms with van der Waals surface area (Å²) in [6.07, 6.45) is -1.17. The molecule has 4 rings (SSSR count). The zero-order valence-corrected chi connectivity index (χ0v) is 19.7. The molecule has 0 N–H and O–H groups in total. The Kier molecular flexibility index (Phi) is 7.60. The number of ether oxygens (including phenoxy) is 1. The van der Waals surface area contributed by atoms with Crippen molar-refractivity contribution >= 4 is 40.8 Å². The molecule has 0 saturated heterocycles. The third-order valence-corrected chi connectivity index (χ3v) is 6.41. The number of carbonyl (C=O) groups excluding carboxylic acids is 2. The standard InChI is InChI=1S/C27H18ClNO5S/c28-20-12-10-19(11-13-20)26(25(30)18-6-2-1-3-7-18)34-27(31)23-8-4-5-9-24(23)35-22-16-14-21(15-17-22)29(32)33/h1-17,26H/t26-/m1/s1. The highest BCUT2D eigenvalue weighted by Crippen LogP contribution is 2.33. The van der Waals surface area contributed by atoms with E-state index in [1.165, 1.54) is 23.9 Å². The van der Waals surface area contributed by atoms with Gasteiger partial charge in [-0.3, -0.25) is 14.9 Å². The number of nitro groups is 1. The molecule has 35 heavy (non-hydrogen) atoms. The van der Waals surface area contributed by atoms with Crippen LogP contribution in [0.15, 0.2) is 113 Å². The van der Waals surface area contributed by atoms with Gasteiger partial charge >= 0.3 is 5.97 Å². The molecule has 0 saturated carbocycles. The molecular formula is C27H18ClNO5S. The lowest BCUT2D eigenvalue weighted by Gasteiger charge is -2.18. The van der Waals surface area contributed by atoms with E-state index in [0.29, 0.717) is 25.9 Å². The van der Waals surface area contributed by atoms with Crippen LogP contribution in [0.4, 0.5) is 5.69 Å². The highest BCUT2D eigenvalue weighted by atomic mass is 35.5. The minimum Gasteiger partial charge on any atom is -0.445 e. The molecule has 1 atom stereocenters. The van der Waals surface area contributed by atoms with Gasteiger partial charge in [-0.15, -0.1) is 0 Å². The summed E-state index contributed by atoms with van der Waals surface area (Å²) in [5.41, 5.74) is 1.16. The molecule has 4 aromatic rings. The normalized spacial score (nSPS) is 11.5. The van der Waals surface area contributed by atoms with Gasteiger partial charge in [0.1, 0.15) is 0 Å². The quantitative estimate of drug-likeness (QED) is 0.109. The van der Waals surface area contributed by atoms with Crippen molar-refractivity contribution in [3.8, 4) is 0 Å². The molecule has 8 heteroatoms. The van der Waals surface area contributed by atoms with Gasteiger partial charge in [0.25, 0.3) is 5.69 Å². The Bertz CT molecular complexity index is 1360. The van der Waals surface area contributed by atoms with Gasteiger partial charge < -0.3 is 4.74 Å². The number of ketones is 1. The van der Waals surface area contributed by atoms with Crippen LogP contribution in [-0.2, 0) is 4.74 Å². The van der Waals surface area contributed by atoms with E-state index in [4.69, 9.17) is 16.3 Å². The highest BCUT2D eigenvalue weighted by molar-refractivity contribution is 7.99. The Morgan fingerprint density at radius 1 is 0.829 bits per heavy atom. The minimum atomic E-state index is -1.17. The Hall–Kier alpha value is -3.94. The molecule has 0 radical (unpaired) electrons. The zero-order valence-electron chi connectivity index (χ0n) is 18.2. The molecule has 0 aromatic heterocycles. The first-order valence-electron chi connectivity index (χ1n) is 10.5. The van der Waals surface area contributed by atoms with Crippen molar-refractivity contribution in [1.82, 2.24) is 0 Å². The molecule has 4 aromatic carbocycles. The summed E-state index contributed by atoms with van der Waals surface area (Å²) >= 11 is 7.27. The lowest BCUT2D eigenvalue weighted by molar-refractivity contribution is -0.384. The molecule has 0 unspecified atom stereocenters. The van der Waals surface area contributed by atoms with Crippen molar-refractivity contribution < 1.29 is 19.2 Å². The first-order valence-corrected chi connectivity index (χ1v) is 11.7. The predicted octanol–water partition coefficient (Wildman–Crippen LogP) is 7.18. The maximum atomic E-state index is 13.3. The number of hydrogen-bond donors (Lipinski definition) is 0. The van der Waals surface area contributed by atoms with Gasteiger partial charge in [-0.2, -0.15) is 0 Å². The van der Waals surface area contributed by atoms with Gasteiger partial charge in [-0.25, -0.2) is 4.79 Å². The van der Waals surface area contributed by atoms with E-state index in [9.17, 15) is 19.7 Å². The Morgan fingerprint density at radius 3 is 2.11 bits per heavy atom. The maximum absolute atomic E-state index is 13.3. The van der Waals surface area contributed by atoms with Crippen LogP contribution in [0.2, 0.25) is 5.02 Å². The van der Waals surface area contributed by atoms with Crippen LogP contribution in [0.25, 0.3) is 0 Å². The van der Waals surface area contributed by atoms with Crippen LogP contribution in [0, 0.1) is 10.1 Å². The number of halogens is 1. The number of rotatable bonds is 8. The van der Waals surface area contributed by atoms with Crippen molar-refractivity contribution in [2.24, 2.45) is 0 Å². The zero-order chi connectivity index (χ0) is 24.8. The van der Waals surface area contributed by atoms with E-state index in [1.54, 1.807) is 91.0 Å². The van der Waals surface area contributed by atoms with Crippen molar-refractivity contribution in [1.29, 1.82) is 0 Å². The largest absolute Gasteiger partial charge is 0.445 e. The number of benzene rings is 4. The molecule has 0 aliphatic rings. The second-order valence-corrected chi connectivity index (χ2v) is 8.97. The number of esters is 1. The molecule has 6 nitrogen and oxygen atoms in total. The molecule has 0 aliphatic carbocycles. The number of nitrogens with zero attached hydrogens (tertiary/aromatic N) is 1. The van der Waals surface area contributed by atoms with Crippen molar-refractivity contribution in [3.05, 3.63) is 135 Å². The third-order valence-electron chi connectivity index (χ3n) is 5.08. The third kappa shape index (κ3) is 5.95. The summed E-state index contributed by atoms with van der Waals surface area (Å²) < 4.78 is 5.77. The van der Waals surface area contributed by atoms with Crippen LogP contribution < -0.4 is 0 Å². The summed E-state index contributed by atoms with van der Waals surface area (Å²) in [4.78, 5) is 38.3. The van der Waals surface area contributed by atoms with E-state index >= 15 is 0 Å². The minimum absolute atomic E-state index is 0.0210. The van der Waals surface area contributed by atoms with Gasteiger partial charge in [0, 0.05) is 38.1 Å². The van der Waals surface area contributed by atoms with Gasteiger partial charge in [0.05, 0.1) is 10.5 Å². The number of nitro benzene ring substituents is 1. The SMILES string of the molecule is O=C(O[C@@H](C(=O)c1ccccc1)c1ccc(Cl)cc1)c1ccccc1Sc1ccc([N+](=O)[O-])cc1. The lowest BCUT2D eigenvalue weighted by atomic mass is 9.99. The summed E-state index contributed by atoms with van der Waals surface area (Å²) in [6, 6.07) is 28.0. The molecule has 174 valence electrons. The average Bonchev–Trinajstić information content (AvgIpc) is 2.88. The molecule has 0 bridgehead atoms. The van der Waals surface area contributed by atoms with E-state index in [1.807, 2.05) is 0 Å². The fourth-order valence-electron chi connectivity index (χ4n) is 3.32. The van der Waals surface area contributed by atoms with Gasteiger partial charge in [0.15, 0.2) is 6.10 Å². The van der Waals surface area contributed by atoms with Gasteiger partial charge in [-0.1, -0.05) is 78.0 Å². The summed E-state index contributed by atoms with van der Waals surface area (Å²) in [6.45, 7) is 0. The number of non-ortho nitro benzene ring substituents is 1. The van der Waals surface area contributed by atoms with Crippen LogP contribution in [0.3, 0.4) is 0 Å². The molecule has 0 amide bonds. The molecule has 0 spiro atoms. The molecule has 0 fully saturated rings. The van der Waals surface area contributed by atoms with Crippen LogP contribution in [0.5, 0.6) is 0 Å². The monoisotopic (exact) mass is 503 g/mol. The second kappa shape index (κ2) is 11.0. The molecular weight excluding hydrogens is 486 g/mol. The fraction of sp³-hybridized carbons (Fsp3) is 0.0370.